The van der Waals surface area contributed by atoms with Gasteiger partial charge in [-0.3, -0.25) is 0 Å². The standard InChI is InChI=1S/C14H19Cl2NO2S/c1-9(2)10-4-3-5-12(6-10)19-14(18)17-13(20)7-11(16)8-15/h3-6,9,11,13,20H,7-8H2,1-2H3,(H,17,18). The number of hydrogen-bond donors (Lipinski definition) is 2. The van der Waals surface area contributed by atoms with Gasteiger partial charge in [-0.05, 0) is 30.0 Å². The van der Waals surface area contributed by atoms with Gasteiger partial charge in [0.15, 0.2) is 0 Å². The fourth-order valence-electron chi connectivity index (χ4n) is 1.57. The van der Waals surface area contributed by atoms with Crippen LogP contribution in [0.4, 0.5) is 4.79 Å². The van der Waals surface area contributed by atoms with Gasteiger partial charge in [0.05, 0.1) is 5.37 Å². The first-order chi connectivity index (χ1) is 9.42. The molecule has 0 spiro atoms. The Hall–Kier alpha value is -0.580. The SMILES string of the molecule is CC(C)c1cccc(OC(=O)NC(S)CC(Cl)CCl)c1. The van der Waals surface area contributed by atoms with E-state index in [2.05, 4.69) is 31.8 Å². The molecule has 0 aromatic heterocycles. The summed E-state index contributed by atoms with van der Waals surface area (Å²) in [4.78, 5) is 11.7. The van der Waals surface area contributed by atoms with E-state index in [1.54, 1.807) is 6.07 Å². The van der Waals surface area contributed by atoms with Crippen LogP contribution in [-0.2, 0) is 0 Å². The number of benzene rings is 1. The van der Waals surface area contributed by atoms with E-state index in [9.17, 15) is 4.79 Å². The summed E-state index contributed by atoms with van der Waals surface area (Å²) in [5.74, 6) is 1.19. The number of rotatable bonds is 6. The second-order valence-corrected chi connectivity index (χ2v) is 6.31. The lowest BCUT2D eigenvalue weighted by molar-refractivity contribution is 0.199. The van der Waals surface area contributed by atoms with E-state index < -0.39 is 11.5 Å². The van der Waals surface area contributed by atoms with Crippen LogP contribution in [0.3, 0.4) is 0 Å². The molecule has 0 heterocycles. The van der Waals surface area contributed by atoms with Gasteiger partial charge in [-0.2, -0.15) is 12.6 Å². The van der Waals surface area contributed by atoms with Crippen LogP contribution < -0.4 is 10.1 Å². The molecule has 20 heavy (non-hydrogen) atoms. The fourth-order valence-corrected chi connectivity index (χ4v) is 2.36. The highest BCUT2D eigenvalue weighted by molar-refractivity contribution is 7.80. The van der Waals surface area contributed by atoms with Gasteiger partial charge in [0.25, 0.3) is 0 Å². The molecular weight excluding hydrogens is 317 g/mol. The molecule has 0 aliphatic heterocycles. The molecule has 2 unspecified atom stereocenters. The third kappa shape index (κ3) is 6.25. The second kappa shape index (κ2) is 8.65. The molecule has 1 N–H and O–H groups in total. The summed E-state index contributed by atoms with van der Waals surface area (Å²) >= 11 is 15.7. The minimum absolute atomic E-state index is 0.233. The minimum atomic E-state index is -0.552. The Labute approximate surface area is 135 Å². The largest absolute Gasteiger partial charge is 0.413 e. The number of carbonyl (C=O) groups is 1. The summed E-state index contributed by atoms with van der Waals surface area (Å²) < 4.78 is 5.22. The maximum absolute atomic E-state index is 11.7. The van der Waals surface area contributed by atoms with Crippen molar-refractivity contribution < 1.29 is 9.53 Å². The molecule has 1 aromatic carbocycles. The Morgan fingerprint density at radius 1 is 1.45 bits per heavy atom. The average Bonchev–Trinajstić information content (AvgIpc) is 2.38. The normalized spacial score (nSPS) is 13.9. The van der Waals surface area contributed by atoms with Crippen molar-refractivity contribution in [2.24, 2.45) is 0 Å². The highest BCUT2D eigenvalue weighted by Crippen LogP contribution is 2.20. The molecule has 0 aliphatic rings. The molecule has 0 aliphatic carbocycles. The molecule has 0 radical (unpaired) electrons. The molecule has 112 valence electrons. The topological polar surface area (TPSA) is 38.3 Å². The van der Waals surface area contributed by atoms with Crippen LogP contribution in [0.1, 0.15) is 31.7 Å². The van der Waals surface area contributed by atoms with Gasteiger partial charge in [0.1, 0.15) is 5.75 Å². The van der Waals surface area contributed by atoms with Crippen LogP contribution in [0.25, 0.3) is 0 Å². The van der Waals surface area contributed by atoms with E-state index in [4.69, 9.17) is 27.9 Å². The molecule has 0 bridgehead atoms. The minimum Gasteiger partial charge on any atom is -0.410 e. The van der Waals surface area contributed by atoms with Gasteiger partial charge >= 0.3 is 6.09 Å². The number of halogens is 2. The second-order valence-electron chi connectivity index (χ2n) is 4.76. The van der Waals surface area contributed by atoms with Gasteiger partial charge in [-0.15, -0.1) is 23.2 Å². The molecular formula is C14H19Cl2NO2S. The first kappa shape index (κ1) is 17.5. The summed E-state index contributed by atoms with van der Waals surface area (Å²) in [6.45, 7) is 4.16. The van der Waals surface area contributed by atoms with Crippen LogP contribution in [0, 0.1) is 0 Å². The predicted octanol–water partition coefficient (Wildman–Crippen LogP) is 4.39. The molecule has 0 saturated heterocycles. The van der Waals surface area contributed by atoms with E-state index >= 15 is 0 Å². The number of carbonyl (C=O) groups excluding carboxylic acids is 1. The van der Waals surface area contributed by atoms with Crippen molar-refractivity contribution in [3.05, 3.63) is 29.8 Å². The van der Waals surface area contributed by atoms with Crippen molar-refractivity contribution in [2.45, 2.75) is 36.9 Å². The lowest BCUT2D eigenvalue weighted by Gasteiger charge is -2.15. The molecule has 6 heteroatoms. The lowest BCUT2D eigenvalue weighted by Crippen LogP contribution is -2.35. The Bertz CT molecular complexity index is 443. The van der Waals surface area contributed by atoms with Gasteiger partial charge in [0, 0.05) is 11.3 Å². The van der Waals surface area contributed by atoms with E-state index in [1.807, 2.05) is 18.2 Å². The number of alkyl halides is 2. The Morgan fingerprint density at radius 3 is 2.75 bits per heavy atom. The Kier molecular flexibility index (Phi) is 7.56. The average molecular weight is 336 g/mol. The summed E-state index contributed by atoms with van der Waals surface area (Å²) in [6, 6.07) is 7.44. The third-order valence-corrected chi connectivity index (χ3v) is 3.87. The van der Waals surface area contributed by atoms with Gasteiger partial charge in [-0.1, -0.05) is 26.0 Å². The van der Waals surface area contributed by atoms with E-state index in [0.29, 0.717) is 24.0 Å². The number of thiol groups is 1. The molecule has 1 amide bonds. The summed E-state index contributed by atoms with van der Waals surface area (Å²) in [6.07, 6.45) is -0.0840. The van der Waals surface area contributed by atoms with E-state index in [1.165, 1.54) is 0 Å². The molecule has 2 atom stereocenters. The summed E-state index contributed by atoms with van der Waals surface area (Å²) in [5.41, 5.74) is 1.11. The fraction of sp³-hybridized carbons (Fsp3) is 0.500. The van der Waals surface area contributed by atoms with Crippen LogP contribution >= 0.6 is 35.8 Å². The quantitative estimate of drug-likeness (QED) is 0.459. The van der Waals surface area contributed by atoms with Crippen molar-refractivity contribution in [1.82, 2.24) is 5.32 Å². The Balaban J connectivity index is 2.52. The van der Waals surface area contributed by atoms with E-state index in [0.717, 1.165) is 5.56 Å². The zero-order chi connectivity index (χ0) is 15.1. The first-order valence-electron chi connectivity index (χ1n) is 6.38. The van der Waals surface area contributed by atoms with Crippen LogP contribution in [0.5, 0.6) is 5.75 Å². The van der Waals surface area contributed by atoms with Crippen molar-refractivity contribution in [3.8, 4) is 5.75 Å². The van der Waals surface area contributed by atoms with Gasteiger partial charge in [0.2, 0.25) is 0 Å². The summed E-state index contributed by atoms with van der Waals surface area (Å²) in [7, 11) is 0. The lowest BCUT2D eigenvalue weighted by atomic mass is 10.0. The maximum Gasteiger partial charge on any atom is 0.413 e. The Morgan fingerprint density at radius 2 is 2.15 bits per heavy atom. The van der Waals surface area contributed by atoms with Crippen LogP contribution in [-0.4, -0.2) is 22.7 Å². The molecule has 1 aromatic rings. The summed E-state index contributed by atoms with van der Waals surface area (Å²) in [5, 5.41) is 1.98. The number of nitrogens with one attached hydrogen (secondary N) is 1. The monoisotopic (exact) mass is 335 g/mol. The van der Waals surface area contributed by atoms with Crippen LogP contribution in [0.2, 0.25) is 0 Å². The maximum atomic E-state index is 11.7. The van der Waals surface area contributed by atoms with Crippen LogP contribution in [0.15, 0.2) is 24.3 Å². The molecule has 0 fully saturated rings. The smallest absolute Gasteiger partial charge is 0.410 e. The zero-order valence-corrected chi connectivity index (χ0v) is 13.9. The zero-order valence-electron chi connectivity index (χ0n) is 11.5. The number of hydrogen-bond acceptors (Lipinski definition) is 3. The number of amides is 1. The number of ether oxygens (including phenoxy) is 1. The van der Waals surface area contributed by atoms with Crippen molar-refractivity contribution in [2.75, 3.05) is 5.88 Å². The van der Waals surface area contributed by atoms with Crippen molar-refractivity contribution >= 4 is 41.9 Å². The molecule has 1 rings (SSSR count). The van der Waals surface area contributed by atoms with Gasteiger partial charge in [-0.25, -0.2) is 4.79 Å². The predicted molar refractivity (Wildman–Crippen MR) is 87.4 cm³/mol. The first-order valence-corrected chi connectivity index (χ1v) is 7.87. The molecule has 0 saturated carbocycles. The van der Waals surface area contributed by atoms with Crippen molar-refractivity contribution in [3.63, 3.8) is 0 Å². The molecule has 3 nitrogen and oxygen atoms in total. The highest BCUT2D eigenvalue weighted by Gasteiger charge is 2.14. The van der Waals surface area contributed by atoms with Crippen molar-refractivity contribution in [1.29, 1.82) is 0 Å². The third-order valence-electron chi connectivity index (χ3n) is 2.67. The van der Waals surface area contributed by atoms with Gasteiger partial charge < -0.3 is 10.1 Å². The highest BCUT2D eigenvalue weighted by atomic mass is 35.5. The van der Waals surface area contributed by atoms with E-state index in [-0.39, 0.29) is 5.38 Å².